The van der Waals surface area contributed by atoms with Gasteiger partial charge in [0.15, 0.2) is 5.78 Å². The second-order valence-electron chi connectivity index (χ2n) is 8.10. The number of ether oxygens (including phenoxy) is 2. The van der Waals surface area contributed by atoms with Crippen LogP contribution in [0.5, 0.6) is 0 Å². The first-order valence-corrected chi connectivity index (χ1v) is 10.5. The molecule has 0 spiro atoms. The van der Waals surface area contributed by atoms with Crippen molar-refractivity contribution in [1.82, 2.24) is 5.32 Å². The van der Waals surface area contributed by atoms with E-state index in [1.54, 1.807) is 0 Å². The van der Waals surface area contributed by atoms with Crippen LogP contribution in [-0.4, -0.2) is 24.4 Å². The molecule has 0 aromatic heterocycles. The smallest absolute Gasteiger partial charge is 0.323 e. The van der Waals surface area contributed by atoms with E-state index in [0.29, 0.717) is 37.5 Å². The number of allylic oxidation sites excluding steroid dienone is 1. The fourth-order valence-corrected chi connectivity index (χ4v) is 4.16. The molecule has 0 amide bonds. The highest BCUT2D eigenvalue weighted by Gasteiger charge is 2.32. The lowest BCUT2D eigenvalue weighted by atomic mass is 9.98. The van der Waals surface area contributed by atoms with Gasteiger partial charge in [-0.15, -0.1) is 0 Å². The van der Waals surface area contributed by atoms with Gasteiger partial charge in [-0.25, -0.2) is 0 Å². The van der Waals surface area contributed by atoms with E-state index >= 15 is 0 Å². The Hall–Kier alpha value is -2.92. The Labute approximate surface area is 177 Å². The number of hydrogen-bond acceptors (Lipinski definition) is 5. The number of carbonyl (C=O) groups is 2. The lowest BCUT2D eigenvalue weighted by Crippen LogP contribution is -2.41. The predicted octanol–water partition coefficient (Wildman–Crippen LogP) is 3.89. The van der Waals surface area contributed by atoms with Crippen molar-refractivity contribution in [3.8, 4) is 0 Å². The maximum absolute atomic E-state index is 12.7. The maximum Gasteiger partial charge on any atom is 0.323 e. The predicted molar refractivity (Wildman–Crippen MR) is 115 cm³/mol. The summed E-state index contributed by atoms with van der Waals surface area (Å²) >= 11 is 0. The van der Waals surface area contributed by atoms with E-state index in [1.165, 1.54) is 0 Å². The van der Waals surface area contributed by atoms with Crippen molar-refractivity contribution in [3.05, 3.63) is 70.3 Å². The summed E-state index contributed by atoms with van der Waals surface area (Å²) in [5.41, 5.74) is 5.83. The molecular formula is C25H27NO4. The highest BCUT2D eigenvalue weighted by molar-refractivity contribution is 6.31. The quantitative estimate of drug-likeness (QED) is 0.584. The Balaban J connectivity index is 1.56. The normalized spacial score (nSPS) is 18.2. The molecule has 2 aromatic carbocycles. The van der Waals surface area contributed by atoms with Gasteiger partial charge in [0.25, 0.3) is 0 Å². The average molecular weight is 405 g/mol. The fraction of sp³-hybridized carbons (Fsp3) is 0.360. The van der Waals surface area contributed by atoms with E-state index in [-0.39, 0.29) is 23.7 Å². The monoisotopic (exact) mass is 405 g/mol. The Morgan fingerprint density at radius 3 is 2.70 bits per heavy atom. The van der Waals surface area contributed by atoms with E-state index in [1.807, 2.05) is 57.2 Å². The average Bonchev–Trinajstić information content (AvgIpc) is 3.27. The van der Waals surface area contributed by atoms with E-state index in [0.717, 1.165) is 27.8 Å². The van der Waals surface area contributed by atoms with Gasteiger partial charge in [0.1, 0.15) is 18.4 Å². The molecule has 0 fully saturated rings. The second kappa shape index (κ2) is 8.44. The molecule has 2 aliphatic rings. The van der Waals surface area contributed by atoms with Crippen LogP contribution in [0.25, 0.3) is 11.3 Å². The first-order chi connectivity index (χ1) is 14.5. The highest BCUT2D eigenvalue weighted by Crippen LogP contribution is 2.40. The Morgan fingerprint density at radius 2 is 1.93 bits per heavy atom. The van der Waals surface area contributed by atoms with Gasteiger partial charge in [-0.2, -0.15) is 0 Å². The van der Waals surface area contributed by atoms with Crippen molar-refractivity contribution < 1.29 is 19.1 Å². The molecule has 5 nitrogen and oxygen atoms in total. The summed E-state index contributed by atoms with van der Waals surface area (Å²) in [6.45, 7) is 7.19. The van der Waals surface area contributed by atoms with E-state index in [2.05, 4.69) is 11.4 Å². The van der Waals surface area contributed by atoms with Gasteiger partial charge < -0.3 is 14.8 Å². The molecule has 1 atom stereocenters. The summed E-state index contributed by atoms with van der Waals surface area (Å²) in [6, 6.07) is 13.7. The summed E-state index contributed by atoms with van der Waals surface area (Å²) in [5, 5.41) is 3.32. The topological polar surface area (TPSA) is 64.6 Å². The van der Waals surface area contributed by atoms with Gasteiger partial charge in [0, 0.05) is 24.1 Å². The van der Waals surface area contributed by atoms with Gasteiger partial charge in [0.2, 0.25) is 0 Å². The molecule has 1 aliphatic carbocycles. The summed E-state index contributed by atoms with van der Waals surface area (Å²) in [7, 11) is 0. The zero-order valence-electron chi connectivity index (χ0n) is 17.7. The van der Waals surface area contributed by atoms with Crippen molar-refractivity contribution in [2.75, 3.05) is 6.61 Å². The van der Waals surface area contributed by atoms with E-state index < -0.39 is 0 Å². The molecular weight excluding hydrogens is 378 g/mol. The van der Waals surface area contributed by atoms with Gasteiger partial charge >= 0.3 is 5.97 Å². The van der Waals surface area contributed by atoms with Crippen LogP contribution in [0.15, 0.2) is 42.5 Å². The summed E-state index contributed by atoms with van der Waals surface area (Å²) in [6.07, 6.45) is 0.431. The third-order valence-corrected chi connectivity index (χ3v) is 5.66. The molecule has 156 valence electrons. The zero-order chi connectivity index (χ0) is 21.3. The Morgan fingerprint density at radius 1 is 1.13 bits per heavy atom. The molecule has 0 saturated carbocycles. The second-order valence-corrected chi connectivity index (χ2v) is 8.10. The number of ketones is 1. The molecule has 2 aromatic rings. The number of carbonyl (C=O) groups excluding carboxylic acids is 2. The maximum atomic E-state index is 12.7. The SMILES string of the molecule is CCOC(=O)[C@@H](NCc1ccc2c(c1)CO/C2=C1/C(=O)Cc2ccccc21)C(C)C. The van der Waals surface area contributed by atoms with Crippen molar-refractivity contribution in [2.24, 2.45) is 5.92 Å². The molecule has 1 N–H and O–H groups in total. The molecule has 1 aliphatic heterocycles. The first kappa shape index (κ1) is 20.4. The number of benzene rings is 2. The van der Waals surface area contributed by atoms with E-state index in [4.69, 9.17) is 9.47 Å². The Bertz CT molecular complexity index is 1020. The third-order valence-electron chi connectivity index (χ3n) is 5.66. The van der Waals surface area contributed by atoms with Crippen molar-refractivity contribution in [1.29, 1.82) is 0 Å². The van der Waals surface area contributed by atoms with E-state index in [9.17, 15) is 9.59 Å². The van der Waals surface area contributed by atoms with Gasteiger partial charge in [-0.1, -0.05) is 56.3 Å². The van der Waals surface area contributed by atoms with Crippen LogP contribution in [0.2, 0.25) is 0 Å². The zero-order valence-corrected chi connectivity index (χ0v) is 17.7. The summed E-state index contributed by atoms with van der Waals surface area (Å²) < 4.78 is 11.2. The number of nitrogens with one attached hydrogen (secondary N) is 1. The van der Waals surface area contributed by atoms with Gasteiger partial charge in [-0.3, -0.25) is 9.59 Å². The minimum absolute atomic E-state index is 0.110. The van der Waals surface area contributed by atoms with Crippen LogP contribution >= 0.6 is 0 Å². The van der Waals surface area contributed by atoms with Gasteiger partial charge in [-0.05, 0) is 29.5 Å². The van der Waals surface area contributed by atoms with Crippen molar-refractivity contribution in [2.45, 2.75) is 46.4 Å². The van der Waals surface area contributed by atoms with Crippen LogP contribution in [0.4, 0.5) is 0 Å². The minimum atomic E-state index is -0.347. The van der Waals surface area contributed by atoms with Crippen molar-refractivity contribution >= 4 is 23.1 Å². The molecule has 0 radical (unpaired) electrons. The Kier molecular flexibility index (Phi) is 5.73. The molecule has 4 rings (SSSR count). The van der Waals surface area contributed by atoms with Crippen LogP contribution in [0.1, 0.15) is 48.6 Å². The molecule has 5 heteroatoms. The molecule has 0 bridgehead atoms. The van der Waals surface area contributed by atoms with Crippen LogP contribution in [-0.2, 0) is 38.6 Å². The number of hydrogen-bond donors (Lipinski definition) is 1. The molecule has 1 heterocycles. The summed E-state index contributed by atoms with van der Waals surface area (Å²) in [4.78, 5) is 24.8. The number of esters is 1. The number of rotatable bonds is 6. The van der Waals surface area contributed by atoms with Crippen LogP contribution in [0, 0.1) is 5.92 Å². The number of fused-ring (bicyclic) bond motifs is 2. The van der Waals surface area contributed by atoms with Crippen LogP contribution in [0.3, 0.4) is 0 Å². The first-order valence-electron chi connectivity index (χ1n) is 10.5. The van der Waals surface area contributed by atoms with Crippen molar-refractivity contribution in [3.63, 3.8) is 0 Å². The number of Topliss-reactive ketones (excluding diaryl/α,β-unsaturated/α-hetero) is 1. The standard InChI is InChI=1S/C25H27NO4/c1-4-29-25(28)23(15(2)3)26-13-16-9-10-20-18(11-16)14-30-24(20)22-19-8-6-5-7-17(19)12-21(22)27/h5-11,15,23,26H,4,12-14H2,1-3H3/b24-22+/t23-/m0/s1. The lowest BCUT2D eigenvalue weighted by Gasteiger charge is -2.20. The molecule has 0 saturated heterocycles. The molecule has 0 unspecified atom stereocenters. The highest BCUT2D eigenvalue weighted by atomic mass is 16.5. The van der Waals surface area contributed by atoms with Gasteiger partial charge in [0.05, 0.1) is 12.2 Å². The summed E-state index contributed by atoms with van der Waals surface area (Å²) in [5.74, 6) is 0.707. The molecule has 30 heavy (non-hydrogen) atoms. The van der Waals surface area contributed by atoms with Crippen LogP contribution < -0.4 is 5.32 Å². The third kappa shape index (κ3) is 3.77. The lowest BCUT2D eigenvalue weighted by molar-refractivity contribution is -0.146. The fourth-order valence-electron chi connectivity index (χ4n) is 4.16. The minimum Gasteiger partial charge on any atom is -0.487 e. The largest absolute Gasteiger partial charge is 0.487 e.